The summed E-state index contributed by atoms with van der Waals surface area (Å²) in [5, 5.41) is 7.28. The number of carbonyl (C=O) groups is 5. The average Bonchev–Trinajstić information content (AvgIpc) is 3.31. The summed E-state index contributed by atoms with van der Waals surface area (Å²) in [6.07, 6.45) is 1.28. The number of hydrogen-bond acceptors (Lipinski definition) is 6. The third-order valence-corrected chi connectivity index (χ3v) is 7.87. The van der Waals surface area contributed by atoms with Crippen molar-refractivity contribution in [3.63, 3.8) is 0 Å². The number of nitrogens with zero attached hydrogens (tertiary/aromatic N) is 1. The second-order valence-corrected chi connectivity index (χ2v) is 11.3. The molecule has 1 heterocycles. The molecule has 1 aliphatic heterocycles. The van der Waals surface area contributed by atoms with Crippen molar-refractivity contribution in [2.45, 2.75) is 23.5 Å². The molecule has 4 aromatic carbocycles. The van der Waals surface area contributed by atoms with Gasteiger partial charge in [-0.3, -0.25) is 24.0 Å². The van der Waals surface area contributed by atoms with Crippen LogP contribution in [0.3, 0.4) is 0 Å². The maximum Gasteiger partial charge on any atom is 0.272 e. The van der Waals surface area contributed by atoms with Crippen LogP contribution < -0.4 is 20.9 Å². The standard InChI is InChI=1S/C34H27FN4O5S/c1-21(40)36-24-11-15-26(16-12-24)39-31(41)20-30(34(39)44)45-27-17-13-25(14-18-27)37-33(43)29(19-23-9-5-6-10-28(23)35)38-32(42)22-7-3-2-4-8-22/h2-19,30H,20H2,1H3,(H,36,40)(H,37,43)(H,38,42)/b29-19-. The summed E-state index contributed by atoms with van der Waals surface area (Å²) in [5.41, 5.74) is 1.65. The number of anilines is 3. The molecule has 5 amide bonds. The first-order chi connectivity index (χ1) is 21.7. The van der Waals surface area contributed by atoms with Crippen LogP contribution in [0.15, 0.2) is 114 Å². The summed E-state index contributed by atoms with van der Waals surface area (Å²) in [6.45, 7) is 1.39. The number of imide groups is 1. The Balaban J connectivity index is 1.26. The molecule has 5 rings (SSSR count). The molecule has 3 N–H and O–H groups in total. The molecule has 1 aliphatic rings. The number of amides is 5. The molecule has 1 atom stereocenters. The Hall–Kier alpha value is -5.55. The number of halogens is 1. The summed E-state index contributed by atoms with van der Waals surface area (Å²) >= 11 is 1.22. The molecule has 45 heavy (non-hydrogen) atoms. The second kappa shape index (κ2) is 13.8. The Morgan fingerprint density at radius 1 is 0.822 bits per heavy atom. The molecule has 0 spiro atoms. The van der Waals surface area contributed by atoms with Crippen LogP contribution in [0.1, 0.15) is 29.3 Å². The van der Waals surface area contributed by atoms with E-state index in [9.17, 15) is 28.4 Å². The lowest BCUT2D eigenvalue weighted by atomic mass is 10.1. The smallest absolute Gasteiger partial charge is 0.272 e. The topological polar surface area (TPSA) is 125 Å². The lowest BCUT2D eigenvalue weighted by Crippen LogP contribution is -2.31. The Kier molecular flexibility index (Phi) is 9.49. The van der Waals surface area contributed by atoms with Crippen molar-refractivity contribution in [3.8, 4) is 0 Å². The quantitative estimate of drug-likeness (QED) is 0.165. The predicted octanol–water partition coefficient (Wildman–Crippen LogP) is 5.62. The predicted molar refractivity (Wildman–Crippen MR) is 171 cm³/mol. The summed E-state index contributed by atoms with van der Waals surface area (Å²) < 4.78 is 14.4. The highest BCUT2D eigenvalue weighted by Gasteiger charge is 2.40. The van der Waals surface area contributed by atoms with E-state index in [1.54, 1.807) is 84.9 Å². The van der Waals surface area contributed by atoms with E-state index < -0.39 is 22.9 Å². The minimum absolute atomic E-state index is 0.0146. The molecule has 1 fully saturated rings. The first-order valence-corrected chi connectivity index (χ1v) is 14.7. The minimum Gasteiger partial charge on any atom is -0.326 e. The lowest BCUT2D eigenvalue weighted by Gasteiger charge is -2.15. The Morgan fingerprint density at radius 3 is 2.11 bits per heavy atom. The second-order valence-electron chi connectivity index (χ2n) is 9.98. The van der Waals surface area contributed by atoms with E-state index in [-0.39, 0.29) is 35.4 Å². The van der Waals surface area contributed by atoms with Crippen LogP contribution in [0, 0.1) is 5.82 Å². The number of benzene rings is 4. The molecule has 1 saturated heterocycles. The molecular formula is C34H27FN4O5S. The minimum atomic E-state index is -0.667. The Morgan fingerprint density at radius 2 is 1.44 bits per heavy atom. The van der Waals surface area contributed by atoms with Gasteiger partial charge in [0.05, 0.1) is 10.9 Å². The van der Waals surface area contributed by atoms with E-state index >= 15 is 0 Å². The van der Waals surface area contributed by atoms with Crippen LogP contribution in [-0.2, 0) is 19.2 Å². The summed E-state index contributed by atoms with van der Waals surface area (Å²) in [5.74, 6) is -2.67. The first-order valence-electron chi connectivity index (χ1n) is 13.8. The molecule has 11 heteroatoms. The van der Waals surface area contributed by atoms with Gasteiger partial charge >= 0.3 is 0 Å². The van der Waals surface area contributed by atoms with Crippen molar-refractivity contribution < 1.29 is 28.4 Å². The number of thioether (sulfide) groups is 1. The van der Waals surface area contributed by atoms with Gasteiger partial charge in [0.25, 0.3) is 11.8 Å². The van der Waals surface area contributed by atoms with Crippen molar-refractivity contribution in [2.75, 3.05) is 15.5 Å². The van der Waals surface area contributed by atoms with Crippen LogP contribution >= 0.6 is 11.8 Å². The van der Waals surface area contributed by atoms with Gasteiger partial charge < -0.3 is 16.0 Å². The number of hydrogen-bond donors (Lipinski definition) is 3. The SMILES string of the molecule is CC(=O)Nc1ccc(N2C(=O)CC(Sc3ccc(NC(=O)/C(=C/c4ccccc4F)NC(=O)c4ccccc4)cc3)C2=O)cc1. The van der Waals surface area contributed by atoms with E-state index in [0.29, 0.717) is 27.5 Å². The third kappa shape index (κ3) is 7.70. The molecule has 1 unspecified atom stereocenters. The van der Waals surface area contributed by atoms with Crippen LogP contribution in [0.4, 0.5) is 21.5 Å². The zero-order valence-corrected chi connectivity index (χ0v) is 24.8. The summed E-state index contributed by atoms with van der Waals surface area (Å²) in [4.78, 5) is 65.0. The van der Waals surface area contributed by atoms with Gasteiger partial charge in [0.1, 0.15) is 11.5 Å². The fourth-order valence-electron chi connectivity index (χ4n) is 4.53. The van der Waals surface area contributed by atoms with Gasteiger partial charge in [-0.2, -0.15) is 0 Å². The van der Waals surface area contributed by atoms with Gasteiger partial charge in [0.2, 0.25) is 17.7 Å². The van der Waals surface area contributed by atoms with E-state index in [0.717, 1.165) is 4.90 Å². The van der Waals surface area contributed by atoms with E-state index in [2.05, 4.69) is 16.0 Å². The molecule has 0 bridgehead atoms. The maximum atomic E-state index is 14.4. The zero-order valence-electron chi connectivity index (χ0n) is 24.0. The van der Waals surface area contributed by atoms with Crippen molar-refractivity contribution in [1.29, 1.82) is 0 Å². The van der Waals surface area contributed by atoms with Gasteiger partial charge in [-0.15, -0.1) is 11.8 Å². The van der Waals surface area contributed by atoms with E-state index in [4.69, 9.17) is 0 Å². The zero-order chi connectivity index (χ0) is 31.9. The Bertz CT molecular complexity index is 1790. The monoisotopic (exact) mass is 622 g/mol. The van der Waals surface area contributed by atoms with Crippen molar-refractivity contribution >= 4 is 64.4 Å². The van der Waals surface area contributed by atoms with Crippen LogP contribution in [0.5, 0.6) is 0 Å². The fourth-order valence-corrected chi connectivity index (χ4v) is 5.59. The van der Waals surface area contributed by atoms with Gasteiger partial charge in [-0.1, -0.05) is 36.4 Å². The summed E-state index contributed by atoms with van der Waals surface area (Å²) in [6, 6.07) is 27.3. The highest BCUT2D eigenvalue weighted by molar-refractivity contribution is 8.00. The normalized spacial score (nSPS) is 14.7. The third-order valence-electron chi connectivity index (χ3n) is 6.68. The molecule has 0 aliphatic carbocycles. The molecule has 226 valence electrons. The van der Waals surface area contributed by atoms with Gasteiger partial charge in [0.15, 0.2) is 0 Å². The highest BCUT2D eigenvalue weighted by Crippen LogP contribution is 2.34. The molecule has 9 nitrogen and oxygen atoms in total. The molecule has 0 saturated carbocycles. The average molecular weight is 623 g/mol. The first kappa shape index (κ1) is 30.9. The van der Waals surface area contributed by atoms with Gasteiger partial charge in [0, 0.05) is 40.7 Å². The van der Waals surface area contributed by atoms with Crippen LogP contribution in [-0.4, -0.2) is 34.8 Å². The Labute approximate surface area is 262 Å². The number of carbonyl (C=O) groups excluding carboxylic acids is 5. The summed E-state index contributed by atoms with van der Waals surface area (Å²) in [7, 11) is 0. The van der Waals surface area contributed by atoms with Gasteiger partial charge in [-0.05, 0) is 72.8 Å². The number of nitrogens with one attached hydrogen (secondary N) is 3. The lowest BCUT2D eigenvalue weighted by molar-refractivity contribution is -0.121. The molecular weight excluding hydrogens is 595 g/mol. The van der Waals surface area contributed by atoms with Crippen molar-refractivity contribution in [2.24, 2.45) is 0 Å². The van der Waals surface area contributed by atoms with Crippen LogP contribution in [0.25, 0.3) is 6.08 Å². The van der Waals surface area contributed by atoms with Crippen molar-refractivity contribution in [1.82, 2.24) is 5.32 Å². The number of rotatable bonds is 9. The van der Waals surface area contributed by atoms with Crippen LogP contribution in [0.2, 0.25) is 0 Å². The maximum absolute atomic E-state index is 14.4. The van der Waals surface area contributed by atoms with Gasteiger partial charge in [-0.25, -0.2) is 9.29 Å². The fraction of sp³-hybridized carbons (Fsp3) is 0.0882. The van der Waals surface area contributed by atoms with E-state index in [1.807, 2.05) is 0 Å². The molecule has 4 aromatic rings. The van der Waals surface area contributed by atoms with E-state index in [1.165, 1.54) is 43.0 Å². The molecule has 0 aromatic heterocycles. The van der Waals surface area contributed by atoms with Crippen molar-refractivity contribution in [3.05, 3.63) is 126 Å². The largest absolute Gasteiger partial charge is 0.326 e. The highest BCUT2D eigenvalue weighted by atomic mass is 32.2. The molecule has 0 radical (unpaired) electrons.